The standard InChI is InChI=1S/C16H17ClN4O2S2/c1-18-13(22)11-8-5-3-4-6-10(8)25-15(11)21-14(23)12-9(17)7-19-16(20-12)24-2/h7H,3-6H2,1-2H3,(H,18,22)(H,21,23). The first-order valence-electron chi connectivity index (χ1n) is 7.79. The summed E-state index contributed by atoms with van der Waals surface area (Å²) in [7, 11) is 1.59. The van der Waals surface area contributed by atoms with Crippen molar-refractivity contribution in [3.8, 4) is 0 Å². The summed E-state index contributed by atoms with van der Waals surface area (Å²) >= 11 is 8.86. The van der Waals surface area contributed by atoms with Gasteiger partial charge in [-0.3, -0.25) is 9.59 Å². The number of halogens is 1. The predicted molar refractivity (Wildman–Crippen MR) is 101 cm³/mol. The van der Waals surface area contributed by atoms with Crippen LogP contribution in [0.3, 0.4) is 0 Å². The molecule has 1 aliphatic rings. The van der Waals surface area contributed by atoms with E-state index < -0.39 is 5.91 Å². The molecule has 1 aliphatic carbocycles. The Labute approximate surface area is 158 Å². The van der Waals surface area contributed by atoms with Crippen LogP contribution >= 0.6 is 34.7 Å². The normalized spacial score (nSPS) is 13.2. The van der Waals surface area contributed by atoms with Crippen molar-refractivity contribution >= 4 is 51.5 Å². The second-order valence-electron chi connectivity index (χ2n) is 5.50. The first-order chi connectivity index (χ1) is 12.0. The van der Waals surface area contributed by atoms with Crippen LogP contribution in [-0.2, 0) is 12.8 Å². The first kappa shape index (κ1) is 18.2. The van der Waals surface area contributed by atoms with Crippen LogP contribution in [0.25, 0.3) is 0 Å². The van der Waals surface area contributed by atoms with Gasteiger partial charge in [-0.2, -0.15) is 0 Å². The van der Waals surface area contributed by atoms with E-state index in [2.05, 4.69) is 20.6 Å². The van der Waals surface area contributed by atoms with E-state index in [4.69, 9.17) is 11.6 Å². The van der Waals surface area contributed by atoms with Crippen LogP contribution in [-0.4, -0.2) is 35.1 Å². The number of aromatic nitrogens is 2. The van der Waals surface area contributed by atoms with Crippen LogP contribution in [0.15, 0.2) is 11.4 Å². The van der Waals surface area contributed by atoms with Crippen molar-refractivity contribution in [2.45, 2.75) is 30.8 Å². The van der Waals surface area contributed by atoms with Gasteiger partial charge in [-0.1, -0.05) is 23.4 Å². The number of carbonyl (C=O) groups is 2. The molecule has 25 heavy (non-hydrogen) atoms. The van der Waals surface area contributed by atoms with Crippen molar-refractivity contribution in [1.29, 1.82) is 0 Å². The van der Waals surface area contributed by atoms with Gasteiger partial charge in [0.2, 0.25) is 0 Å². The van der Waals surface area contributed by atoms with Gasteiger partial charge in [0.1, 0.15) is 5.00 Å². The second kappa shape index (κ2) is 7.72. The molecule has 6 nitrogen and oxygen atoms in total. The number of thiophene rings is 1. The third-order valence-corrected chi connectivity index (χ3v) is 6.02. The van der Waals surface area contributed by atoms with Gasteiger partial charge >= 0.3 is 0 Å². The number of carbonyl (C=O) groups excluding carboxylic acids is 2. The lowest BCUT2D eigenvalue weighted by atomic mass is 9.95. The lowest BCUT2D eigenvalue weighted by Gasteiger charge is -2.12. The number of fused-ring (bicyclic) bond motifs is 1. The van der Waals surface area contributed by atoms with Crippen LogP contribution in [0.5, 0.6) is 0 Å². The lowest BCUT2D eigenvalue weighted by molar-refractivity contribution is 0.0963. The molecular formula is C16H17ClN4O2S2. The zero-order valence-electron chi connectivity index (χ0n) is 13.8. The molecule has 9 heteroatoms. The first-order valence-corrected chi connectivity index (χ1v) is 10.2. The molecule has 0 fully saturated rings. The Morgan fingerprint density at radius 2 is 2.04 bits per heavy atom. The highest BCUT2D eigenvalue weighted by molar-refractivity contribution is 7.98. The molecule has 0 aromatic carbocycles. The molecule has 0 spiro atoms. The molecule has 2 amide bonds. The van der Waals surface area contributed by atoms with E-state index in [0.717, 1.165) is 31.2 Å². The highest BCUT2D eigenvalue weighted by atomic mass is 35.5. The molecule has 0 aliphatic heterocycles. The fourth-order valence-corrected chi connectivity index (χ4v) is 4.59. The highest BCUT2D eigenvalue weighted by Gasteiger charge is 2.26. The third kappa shape index (κ3) is 3.65. The van der Waals surface area contributed by atoms with Gasteiger partial charge in [0, 0.05) is 11.9 Å². The molecular weight excluding hydrogens is 380 g/mol. The number of thioether (sulfide) groups is 1. The maximum absolute atomic E-state index is 12.7. The zero-order valence-corrected chi connectivity index (χ0v) is 16.2. The summed E-state index contributed by atoms with van der Waals surface area (Å²) in [5, 5.41) is 6.68. The van der Waals surface area contributed by atoms with Crippen molar-refractivity contribution < 1.29 is 9.59 Å². The van der Waals surface area contributed by atoms with E-state index in [1.54, 1.807) is 7.05 Å². The summed E-state index contributed by atoms with van der Waals surface area (Å²) in [5.41, 5.74) is 1.71. The molecule has 0 radical (unpaired) electrons. The Balaban J connectivity index is 1.96. The van der Waals surface area contributed by atoms with Gasteiger partial charge in [0.05, 0.1) is 16.8 Å². The van der Waals surface area contributed by atoms with Gasteiger partial charge < -0.3 is 10.6 Å². The molecule has 2 heterocycles. The number of rotatable bonds is 4. The molecule has 2 aromatic rings. The molecule has 0 bridgehead atoms. The monoisotopic (exact) mass is 396 g/mol. The van der Waals surface area contributed by atoms with E-state index in [1.807, 2.05) is 6.26 Å². The van der Waals surface area contributed by atoms with Crippen molar-refractivity contribution in [2.24, 2.45) is 0 Å². The predicted octanol–water partition coefficient (Wildman–Crippen LogP) is 3.40. The van der Waals surface area contributed by atoms with Crippen LogP contribution in [0, 0.1) is 0 Å². The smallest absolute Gasteiger partial charge is 0.276 e. The topological polar surface area (TPSA) is 84.0 Å². The Kier molecular flexibility index (Phi) is 5.61. The molecule has 132 valence electrons. The Bertz CT molecular complexity index is 838. The summed E-state index contributed by atoms with van der Waals surface area (Å²) < 4.78 is 0. The fourth-order valence-electron chi connectivity index (χ4n) is 2.79. The van der Waals surface area contributed by atoms with E-state index in [0.29, 0.717) is 15.7 Å². The molecule has 0 atom stereocenters. The van der Waals surface area contributed by atoms with Crippen molar-refractivity contribution in [3.05, 3.63) is 32.9 Å². The van der Waals surface area contributed by atoms with E-state index in [-0.39, 0.29) is 16.6 Å². The molecule has 0 saturated carbocycles. The number of hydrogen-bond donors (Lipinski definition) is 2. The van der Waals surface area contributed by atoms with Gasteiger partial charge in [-0.15, -0.1) is 11.3 Å². The quantitative estimate of drug-likeness (QED) is 0.611. The number of amides is 2. The van der Waals surface area contributed by atoms with Crippen LogP contribution in [0.4, 0.5) is 5.00 Å². The third-order valence-electron chi connectivity index (χ3n) is 3.97. The van der Waals surface area contributed by atoms with Crippen molar-refractivity contribution in [3.63, 3.8) is 0 Å². The maximum Gasteiger partial charge on any atom is 0.276 e. The largest absolute Gasteiger partial charge is 0.355 e. The average molecular weight is 397 g/mol. The summed E-state index contributed by atoms with van der Waals surface area (Å²) in [6.45, 7) is 0. The molecule has 0 unspecified atom stereocenters. The van der Waals surface area contributed by atoms with Gasteiger partial charge in [-0.05, 0) is 37.5 Å². The van der Waals surface area contributed by atoms with Crippen molar-refractivity contribution in [1.82, 2.24) is 15.3 Å². The summed E-state index contributed by atoms with van der Waals surface area (Å²) in [6, 6.07) is 0. The van der Waals surface area contributed by atoms with Crippen LogP contribution in [0.2, 0.25) is 5.02 Å². The fraction of sp³-hybridized carbons (Fsp3) is 0.375. The molecule has 2 aromatic heterocycles. The molecule has 2 N–H and O–H groups in total. The minimum absolute atomic E-state index is 0.107. The zero-order chi connectivity index (χ0) is 18.0. The van der Waals surface area contributed by atoms with E-state index in [1.165, 1.54) is 34.2 Å². The van der Waals surface area contributed by atoms with Crippen LogP contribution in [0.1, 0.15) is 44.1 Å². The van der Waals surface area contributed by atoms with Crippen molar-refractivity contribution in [2.75, 3.05) is 18.6 Å². The van der Waals surface area contributed by atoms with Crippen LogP contribution < -0.4 is 10.6 Å². The minimum atomic E-state index is -0.438. The van der Waals surface area contributed by atoms with Gasteiger partial charge in [-0.25, -0.2) is 9.97 Å². The Morgan fingerprint density at radius 3 is 2.76 bits per heavy atom. The Hall–Kier alpha value is -1.64. The summed E-state index contributed by atoms with van der Waals surface area (Å²) in [6.07, 6.45) is 7.18. The van der Waals surface area contributed by atoms with E-state index >= 15 is 0 Å². The maximum atomic E-state index is 12.7. The van der Waals surface area contributed by atoms with Gasteiger partial charge in [0.25, 0.3) is 11.8 Å². The number of nitrogens with one attached hydrogen (secondary N) is 2. The van der Waals surface area contributed by atoms with E-state index in [9.17, 15) is 9.59 Å². The lowest BCUT2D eigenvalue weighted by Crippen LogP contribution is -2.22. The average Bonchev–Trinajstić information content (AvgIpc) is 2.99. The number of hydrogen-bond acceptors (Lipinski definition) is 6. The van der Waals surface area contributed by atoms with Gasteiger partial charge in [0.15, 0.2) is 10.9 Å². The number of nitrogens with zero attached hydrogens (tertiary/aromatic N) is 2. The summed E-state index contributed by atoms with van der Waals surface area (Å²) in [5.74, 6) is -0.625. The highest BCUT2D eigenvalue weighted by Crippen LogP contribution is 2.38. The SMILES string of the molecule is CNC(=O)c1c(NC(=O)c2nc(SC)ncc2Cl)sc2c1CCCC2. The molecule has 0 saturated heterocycles. The summed E-state index contributed by atoms with van der Waals surface area (Å²) in [4.78, 5) is 34.4. The minimum Gasteiger partial charge on any atom is -0.355 e. The number of anilines is 1. The number of aryl methyl sites for hydroxylation is 1. The molecule has 3 rings (SSSR count). The second-order valence-corrected chi connectivity index (χ2v) is 7.79. The Morgan fingerprint density at radius 1 is 1.28 bits per heavy atom.